The molecule has 2 aromatic heterocycles. The van der Waals surface area contributed by atoms with Gasteiger partial charge in [-0.1, -0.05) is 36.9 Å². The van der Waals surface area contributed by atoms with Crippen LogP contribution in [0.2, 0.25) is 0 Å². The Morgan fingerprint density at radius 3 is 2.41 bits per heavy atom. The Labute approximate surface area is 137 Å². The van der Waals surface area contributed by atoms with Gasteiger partial charge < -0.3 is 4.57 Å². The minimum Gasteiger partial charge on any atom is -0.343 e. The molecule has 0 spiro atoms. The van der Waals surface area contributed by atoms with Gasteiger partial charge in [0.2, 0.25) is 0 Å². The molecule has 3 heteroatoms. The molecule has 2 nitrogen and oxygen atoms in total. The van der Waals surface area contributed by atoms with Gasteiger partial charge in [-0.05, 0) is 38.0 Å². The second kappa shape index (κ2) is 6.37. The van der Waals surface area contributed by atoms with Gasteiger partial charge in [-0.15, -0.1) is 12.4 Å². The van der Waals surface area contributed by atoms with Gasteiger partial charge in [-0.2, -0.15) is 0 Å². The normalized spacial score (nSPS) is 10.5. The predicted molar refractivity (Wildman–Crippen MR) is 97.7 cm³/mol. The molecule has 0 radical (unpaired) electrons. The highest BCUT2D eigenvalue weighted by Gasteiger charge is 2.15. The summed E-state index contributed by atoms with van der Waals surface area (Å²) in [7, 11) is 0. The maximum absolute atomic E-state index is 4.65. The number of aromatic nitrogens is 2. The molecule has 114 valence electrons. The summed E-state index contributed by atoms with van der Waals surface area (Å²) in [6.07, 6.45) is 3.77. The van der Waals surface area contributed by atoms with Crippen molar-refractivity contribution in [1.29, 1.82) is 0 Å². The fourth-order valence-corrected chi connectivity index (χ4v) is 2.98. The smallest absolute Gasteiger partial charge is 0.0944 e. The van der Waals surface area contributed by atoms with E-state index in [4.69, 9.17) is 0 Å². The van der Waals surface area contributed by atoms with Gasteiger partial charge in [0, 0.05) is 29.4 Å². The Hall–Kier alpha value is -2.06. The van der Waals surface area contributed by atoms with Crippen LogP contribution in [0.5, 0.6) is 0 Å². The van der Waals surface area contributed by atoms with Crippen LogP contribution < -0.4 is 0 Å². The first-order valence-corrected chi connectivity index (χ1v) is 7.34. The average molecular weight is 313 g/mol. The lowest BCUT2D eigenvalue weighted by Gasteiger charge is -2.09. The van der Waals surface area contributed by atoms with E-state index in [1.165, 1.54) is 22.2 Å². The number of halogens is 1. The fraction of sp³-hybridized carbons (Fsp3) is 0.211. The number of fused-ring (bicyclic) bond motifs is 1. The van der Waals surface area contributed by atoms with Crippen molar-refractivity contribution >= 4 is 29.4 Å². The largest absolute Gasteiger partial charge is 0.343 e. The van der Waals surface area contributed by atoms with Crippen LogP contribution in [0.3, 0.4) is 0 Å². The highest BCUT2D eigenvalue weighted by molar-refractivity contribution is 5.95. The van der Waals surface area contributed by atoms with Crippen LogP contribution in [0.1, 0.15) is 23.7 Å². The molecule has 2 heterocycles. The summed E-state index contributed by atoms with van der Waals surface area (Å²) in [5.74, 6) is 0. The van der Waals surface area contributed by atoms with E-state index < -0.39 is 0 Å². The van der Waals surface area contributed by atoms with E-state index in [1.54, 1.807) is 0 Å². The lowest BCUT2D eigenvalue weighted by atomic mass is 10.1. The summed E-state index contributed by atoms with van der Waals surface area (Å²) in [6.45, 7) is 11.3. The van der Waals surface area contributed by atoms with E-state index in [-0.39, 0.29) is 12.4 Å². The van der Waals surface area contributed by atoms with Crippen LogP contribution in [-0.2, 0) is 6.54 Å². The van der Waals surface area contributed by atoms with Crippen molar-refractivity contribution < 1.29 is 0 Å². The quantitative estimate of drug-likeness (QED) is 0.632. The molecule has 0 amide bonds. The Morgan fingerprint density at radius 1 is 1.14 bits per heavy atom. The maximum Gasteiger partial charge on any atom is 0.0944 e. The molecule has 0 aliphatic heterocycles. The Balaban J connectivity index is 0.00000176. The van der Waals surface area contributed by atoms with Crippen LogP contribution in [0, 0.1) is 13.8 Å². The van der Waals surface area contributed by atoms with Crippen LogP contribution in [0.4, 0.5) is 0 Å². The van der Waals surface area contributed by atoms with Crippen molar-refractivity contribution in [2.45, 2.75) is 27.3 Å². The molecular weight excluding hydrogens is 292 g/mol. The van der Waals surface area contributed by atoms with E-state index in [2.05, 4.69) is 67.2 Å². The number of nitrogens with zero attached hydrogens (tertiary/aromatic N) is 2. The number of aryl methyl sites for hydroxylation is 2. The second-order valence-electron chi connectivity index (χ2n) is 5.34. The van der Waals surface area contributed by atoms with E-state index in [0.717, 1.165) is 23.4 Å². The zero-order valence-corrected chi connectivity index (χ0v) is 14.1. The van der Waals surface area contributed by atoms with E-state index in [0.29, 0.717) is 0 Å². The molecule has 0 atom stereocenters. The Kier molecular flexibility index (Phi) is 4.72. The van der Waals surface area contributed by atoms with Crippen molar-refractivity contribution in [2.24, 2.45) is 0 Å². The highest BCUT2D eigenvalue weighted by atomic mass is 35.5. The van der Waals surface area contributed by atoms with Crippen molar-refractivity contribution in [3.63, 3.8) is 0 Å². The third-order valence-corrected chi connectivity index (χ3v) is 4.28. The summed E-state index contributed by atoms with van der Waals surface area (Å²) in [5.41, 5.74) is 7.24. The van der Waals surface area contributed by atoms with Crippen LogP contribution >= 0.6 is 12.4 Å². The molecule has 0 bridgehead atoms. The van der Waals surface area contributed by atoms with E-state index >= 15 is 0 Å². The van der Waals surface area contributed by atoms with Gasteiger partial charge in [0.1, 0.15) is 0 Å². The van der Waals surface area contributed by atoms with Crippen molar-refractivity contribution in [3.05, 3.63) is 59.9 Å². The maximum atomic E-state index is 4.65. The standard InChI is InChI=1S/C19H20N2.ClH/c1-5-15-7-9-16(10-8-15)18-19-17(11-12-20-18)13(3)14(4)21(19)6-2;/h5,7-12H,1,6H2,2-4H3;1H. The number of pyridine rings is 1. The molecule has 0 unspecified atom stereocenters. The number of hydrogen-bond donors (Lipinski definition) is 0. The Morgan fingerprint density at radius 2 is 1.82 bits per heavy atom. The first kappa shape index (κ1) is 16.3. The first-order valence-electron chi connectivity index (χ1n) is 7.34. The van der Waals surface area contributed by atoms with E-state index in [9.17, 15) is 0 Å². The minimum atomic E-state index is 0. The molecule has 0 aliphatic carbocycles. The minimum absolute atomic E-state index is 0. The van der Waals surface area contributed by atoms with Gasteiger partial charge in [-0.25, -0.2) is 0 Å². The monoisotopic (exact) mass is 312 g/mol. The van der Waals surface area contributed by atoms with Crippen LogP contribution in [-0.4, -0.2) is 9.55 Å². The summed E-state index contributed by atoms with van der Waals surface area (Å²) < 4.78 is 2.36. The van der Waals surface area contributed by atoms with Gasteiger partial charge in [0.05, 0.1) is 11.2 Å². The SMILES string of the molecule is C=Cc1ccc(-c2nccc3c(C)c(C)n(CC)c23)cc1.Cl. The summed E-state index contributed by atoms with van der Waals surface area (Å²) in [4.78, 5) is 4.65. The third-order valence-electron chi connectivity index (χ3n) is 4.28. The zero-order chi connectivity index (χ0) is 15.0. The Bertz CT molecular complexity index is 814. The first-order chi connectivity index (χ1) is 10.2. The summed E-state index contributed by atoms with van der Waals surface area (Å²) in [5, 5.41) is 1.30. The highest BCUT2D eigenvalue weighted by Crippen LogP contribution is 2.32. The van der Waals surface area contributed by atoms with Gasteiger partial charge in [0.15, 0.2) is 0 Å². The number of rotatable bonds is 3. The number of benzene rings is 1. The fourth-order valence-electron chi connectivity index (χ4n) is 2.98. The van der Waals surface area contributed by atoms with Gasteiger partial charge in [-0.3, -0.25) is 4.98 Å². The number of hydrogen-bond acceptors (Lipinski definition) is 1. The topological polar surface area (TPSA) is 17.8 Å². The molecule has 3 aromatic rings. The molecule has 0 saturated carbocycles. The molecule has 22 heavy (non-hydrogen) atoms. The molecule has 1 aromatic carbocycles. The predicted octanol–water partition coefficient (Wildman–Crippen LogP) is 5.40. The van der Waals surface area contributed by atoms with E-state index in [1.807, 2.05) is 12.3 Å². The summed E-state index contributed by atoms with van der Waals surface area (Å²) in [6, 6.07) is 10.5. The molecule has 3 rings (SSSR count). The second-order valence-corrected chi connectivity index (χ2v) is 5.34. The molecule has 0 aliphatic rings. The molecule has 0 fully saturated rings. The summed E-state index contributed by atoms with van der Waals surface area (Å²) >= 11 is 0. The van der Waals surface area contributed by atoms with Crippen LogP contribution in [0.25, 0.3) is 28.2 Å². The molecule has 0 N–H and O–H groups in total. The molecule has 0 saturated heterocycles. The molecular formula is C19H21ClN2. The zero-order valence-electron chi connectivity index (χ0n) is 13.3. The van der Waals surface area contributed by atoms with Gasteiger partial charge >= 0.3 is 0 Å². The lowest BCUT2D eigenvalue weighted by molar-refractivity contribution is 0.765. The van der Waals surface area contributed by atoms with Crippen LogP contribution in [0.15, 0.2) is 43.1 Å². The lowest BCUT2D eigenvalue weighted by Crippen LogP contribution is -1.98. The van der Waals surface area contributed by atoms with Crippen molar-refractivity contribution in [3.8, 4) is 11.3 Å². The third kappa shape index (κ3) is 2.44. The van der Waals surface area contributed by atoms with Crippen molar-refractivity contribution in [2.75, 3.05) is 0 Å². The van der Waals surface area contributed by atoms with Crippen molar-refractivity contribution in [1.82, 2.24) is 9.55 Å². The average Bonchev–Trinajstić information content (AvgIpc) is 2.79. The van der Waals surface area contributed by atoms with Gasteiger partial charge in [0.25, 0.3) is 0 Å².